The molecule has 3 N–H and O–H groups in total. The van der Waals surface area contributed by atoms with Gasteiger partial charge in [-0.25, -0.2) is 5.14 Å². The van der Waals surface area contributed by atoms with E-state index in [0.29, 0.717) is 30.3 Å². The molecule has 6 nitrogen and oxygen atoms in total. The number of rotatable bonds is 4. The zero-order valence-electron chi connectivity index (χ0n) is 10.5. The van der Waals surface area contributed by atoms with Gasteiger partial charge in [0.05, 0.1) is 12.8 Å². The summed E-state index contributed by atoms with van der Waals surface area (Å²) in [5, 5.41) is 5.59. The van der Waals surface area contributed by atoms with Gasteiger partial charge in [0.15, 0.2) is 0 Å². The van der Waals surface area contributed by atoms with Crippen LogP contribution in [0.25, 0.3) is 0 Å². The highest BCUT2D eigenvalue weighted by Gasteiger charge is 2.26. The Kier molecular flexibility index (Phi) is 4.19. The molecule has 0 saturated carbocycles. The molecule has 8 heteroatoms. The minimum Gasteiger partial charge on any atom is -0.495 e. The molecule has 1 atom stereocenters. The minimum absolute atomic E-state index is 0.196. The number of hydrogen-bond acceptors (Lipinski definition) is 4. The first kappa shape index (κ1) is 14.4. The molecular weight excluding hydrogens is 290 g/mol. The van der Waals surface area contributed by atoms with E-state index in [1.807, 2.05) is 4.90 Å². The number of methoxy groups -OCH3 is 1. The topological polar surface area (TPSA) is 84.7 Å². The maximum atomic E-state index is 11.0. The van der Waals surface area contributed by atoms with Crippen LogP contribution >= 0.6 is 11.6 Å². The van der Waals surface area contributed by atoms with Gasteiger partial charge < -0.3 is 9.64 Å². The average molecular weight is 306 g/mol. The monoisotopic (exact) mass is 305 g/mol. The van der Waals surface area contributed by atoms with Crippen molar-refractivity contribution in [2.24, 2.45) is 5.14 Å². The lowest BCUT2D eigenvalue weighted by Crippen LogP contribution is -2.40. The zero-order chi connectivity index (χ0) is 14.0. The summed E-state index contributed by atoms with van der Waals surface area (Å²) in [4.78, 5) is 2.02. The summed E-state index contributed by atoms with van der Waals surface area (Å²) < 4.78 is 29.7. The summed E-state index contributed by atoms with van der Waals surface area (Å²) in [5.74, 6) is 0.709. The molecule has 1 aromatic rings. The Morgan fingerprint density at radius 2 is 2.26 bits per heavy atom. The molecule has 1 heterocycles. The molecule has 1 unspecified atom stereocenters. The largest absolute Gasteiger partial charge is 0.495 e. The van der Waals surface area contributed by atoms with Gasteiger partial charge in [-0.1, -0.05) is 11.6 Å². The summed E-state index contributed by atoms with van der Waals surface area (Å²) >= 11 is 5.98. The summed E-state index contributed by atoms with van der Waals surface area (Å²) in [6.07, 6.45) is 0.687. The molecule has 1 fully saturated rings. The number of nitrogens with zero attached hydrogens (tertiary/aromatic N) is 1. The van der Waals surface area contributed by atoms with E-state index in [1.165, 1.54) is 0 Å². The van der Waals surface area contributed by atoms with Crippen molar-refractivity contribution in [3.8, 4) is 5.75 Å². The number of benzene rings is 1. The van der Waals surface area contributed by atoms with Crippen LogP contribution < -0.4 is 19.5 Å². The van der Waals surface area contributed by atoms with E-state index < -0.39 is 10.2 Å². The van der Waals surface area contributed by atoms with Crippen LogP contribution in [0.1, 0.15) is 6.42 Å². The van der Waals surface area contributed by atoms with Crippen molar-refractivity contribution >= 4 is 27.5 Å². The van der Waals surface area contributed by atoms with E-state index in [0.717, 1.165) is 5.69 Å². The first-order valence-electron chi connectivity index (χ1n) is 5.77. The van der Waals surface area contributed by atoms with Gasteiger partial charge in [0, 0.05) is 24.2 Å². The van der Waals surface area contributed by atoms with Crippen LogP contribution in [0.3, 0.4) is 0 Å². The Morgan fingerprint density at radius 3 is 2.89 bits per heavy atom. The van der Waals surface area contributed by atoms with Gasteiger partial charge in [0.1, 0.15) is 5.75 Å². The molecule has 0 bridgehead atoms. The third kappa shape index (κ3) is 3.73. The summed E-state index contributed by atoms with van der Waals surface area (Å²) in [5.41, 5.74) is 0.855. The second kappa shape index (κ2) is 5.54. The van der Waals surface area contributed by atoms with Crippen molar-refractivity contribution in [1.82, 2.24) is 4.72 Å². The van der Waals surface area contributed by atoms with Crippen LogP contribution in [0, 0.1) is 0 Å². The minimum atomic E-state index is -3.67. The smallest absolute Gasteiger partial charge is 0.274 e. The quantitative estimate of drug-likeness (QED) is 0.858. The standard InChI is InChI=1S/C11H16ClN3O3S/c1-18-11-3-2-8(12)6-10(11)15-5-4-9(7-15)14-19(13,16)17/h2-3,6,9,14H,4-5,7H2,1H3,(H2,13,16,17). The summed E-state index contributed by atoms with van der Waals surface area (Å²) in [6, 6.07) is 5.15. The number of nitrogens with one attached hydrogen (secondary N) is 1. The van der Waals surface area contributed by atoms with Crippen LogP contribution in [0.4, 0.5) is 5.69 Å². The Bertz CT molecular complexity index is 564. The van der Waals surface area contributed by atoms with Crippen LogP contribution in [0.5, 0.6) is 5.75 Å². The fraction of sp³-hybridized carbons (Fsp3) is 0.455. The fourth-order valence-corrected chi connectivity index (χ4v) is 3.04. The van der Waals surface area contributed by atoms with Gasteiger partial charge in [-0.2, -0.15) is 13.1 Å². The van der Waals surface area contributed by atoms with Crippen molar-refractivity contribution in [2.45, 2.75) is 12.5 Å². The van der Waals surface area contributed by atoms with Gasteiger partial charge in [-0.05, 0) is 24.6 Å². The molecule has 0 aliphatic carbocycles. The number of nitrogens with two attached hydrogens (primary N) is 1. The highest BCUT2D eigenvalue weighted by molar-refractivity contribution is 7.87. The summed E-state index contributed by atoms with van der Waals surface area (Å²) in [7, 11) is -2.08. The number of hydrogen-bond donors (Lipinski definition) is 2. The van der Waals surface area contributed by atoms with Crippen LogP contribution in [0.15, 0.2) is 18.2 Å². The van der Waals surface area contributed by atoms with Crippen molar-refractivity contribution in [2.75, 3.05) is 25.1 Å². The van der Waals surface area contributed by atoms with Crippen molar-refractivity contribution in [1.29, 1.82) is 0 Å². The number of ether oxygens (including phenoxy) is 1. The SMILES string of the molecule is COc1ccc(Cl)cc1N1CCC(NS(N)(=O)=O)C1. The summed E-state index contributed by atoms with van der Waals surface area (Å²) in [6.45, 7) is 1.25. The Labute approximate surface area is 117 Å². The lowest BCUT2D eigenvalue weighted by molar-refractivity contribution is 0.415. The van der Waals surface area contributed by atoms with Gasteiger partial charge in [-0.15, -0.1) is 0 Å². The lowest BCUT2D eigenvalue weighted by atomic mass is 10.2. The van der Waals surface area contributed by atoms with Crippen molar-refractivity contribution in [3.63, 3.8) is 0 Å². The highest BCUT2D eigenvalue weighted by Crippen LogP contribution is 2.33. The Hall–Kier alpha value is -1.02. The molecule has 19 heavy (non-hydrogen) atoms. The van der Waals surface area contributed by atoms with E-state index in [4.69, 9.17) is 21.5 Å². The predicted octanol–water partition coefficient (Wildman–Crippen LogP) is 0.720. The molecule has 1 aliphatic rings. The second-order valence-electron chi connectivity index (χ2n) is 4.41. The van der Waals surface area contributed by atoms with E-state index in [-0.39, 0.29) is 6.04 Å². The molecule has 1 aliphatic heterocycles. The molecule has 106 valence electrons. The van der Waals surface area contributed by atoms with Crippen molar-refractivity contribution < 1.29 is 13.2 Å². The van der Waals surface area contributed by atoms with E-state index >= 15 is 0 Å². The molecule has 1 aromatic carbocycles. The number of halogens is 1. The fourth-order valence-electron chi connectivity index (χ4n) is 2.22. The maximum Gasteiger partial charge on any atom is 0.274 e. The predicted molar refractivity (Wildman–Crippen MR) is 74.9 cm³/mol. The molecule has 0 aromatic heterocycles. The van der Waals surface area contributed by atoms with E-state index in [2.05, 4.69) is 4.72 Å². The first-order valence-corrected chi connectivity index (χ1v) is 7.70. The Morgan fingerprint density at radius 1 is 1.53 bits per heavy atom. The van der Waals surface area contributed by atoms with Gasteiger partial charge in [0.2, 0.25) is 0 Å². The lowest BCUT2D eigenvalue weighted by Gasteiger charge is -2.21. The third-order valence-electron chi connectivity index (χ3n) is 3.00. The zero-order valence-corrected chi connectivity index (χ0v) is 12.0. The van der Waals surface area contributed by atoms with Gasteiger partial charge >= 0.3 is 0 Å². The molecule has 0 amide bonds. The number of anilines is 1. The van der Waals surface area contributed by atoms with E-state index in [1.54, 1.807) is 25.3 Å². The van der Waals surface area contributed by atoms with Crippen LogP contribution in [-0.2, 0) is 10.2 Å². The van der Waals surface area contributed by atoms with Crippen molar-refractivity contribution in [3.05, 3.63) is 23.2 Å². The second-order valence-corrected chi connectivity index (χ2v) is 6.17. The van der Waals surface area contributed by atoms with Crippen LogP contribution in [-0.4, -0.2) is 34.7 Å². The van der Waals surface area contributed by atoms with Gasteiger partial charge in [0.25, 0.3) is 10.2 Å². The van der Waals surface area contributed by atoms with Gasteiger partial charge in [-0.3, -0.25) is 0 Å². The molecule has 2 rings (SSSR count). The average Bonchev–Trinajstić information content (AvgIpc) is 2.75. The maximum absolute atomic E-state index is 11.0. The molecule has 0 radical (unpaired) electrons. The Balaban J connectivity index is 2.14. The third-order valence-corrected chi connectivity index (χ3v) is 3.90. The highest BCUT2D eigenvalue weighted by atomic mass is 35.5. The molecule has 1 saturated heterocycles. The molecular formula is C11H16ClN3O3S. The molecule has 0 spiro atoms. The van der Waals surface area contributed by atoms with Crippen LogP contribution in [0.2, 0.25) is 5.02 Å². The van der Waals surface area contributed by atoms with E-state index in [9.17, 15) is 8.42 Å². The first-order chi connectivity index (χ1) is 8.89. The normalized spacial score (nSPS) is 19.7.